The van der Waals surface area contributed by atoms with Crippen LogP contribution < -0.4 is 10.1 Å². The van der Waals surface area contributed by atoms with Gasteiger partial charge in [-0.25, -0.2) is 4.79 Å². The molecule has 0 bridgehead atoms. The molecule has 1 N–H and O–H groups in total. The van der Waals surface area contributed by atoms with E-state index in [1.54, 1.807) is 18.2 Å². The maximum atomic E-state index is 12.4. The van der Waals surface area contributed by atoms with Gasteiger partial charge in [-0.3, -0.25) is 10.1 Å². The largest absolute Gasteiger partial charge is 0.480 e. The summed E-state index contributed by atoms with van der Waals surface area (Å²) < 4.78 is 10.8. The maximum Gasteiger partial charge on any atom is 0.348 e. The molecule has 2 amide bonds. The number of carbonyl (C=O) groups is 1. The van der Waals surface area contributed by atoms with Gasteiger partial charge in [0.05, 0.1) is 32.7 Å². The van der Waals surface area contributed by atoms with Gasteiger partial charge in [-0.2, -0.15) is 4.99 Å². The third-order valence-electron chi connectivity index (χ3n) is 4.10. The summed E-state index contributed by atoms with van der Waals surface area (Å²) in [5.41, 5.74) is 0.354. The van der Waals surface area contributed by atoms with Crippen LogP contribution >= 0.6 is 46.4 Å². The highest BCUT2D eigenvalue weighted by atomic mass is 35.5. The highest BCUT2D eigenvalue weighted by molar-refractivity contribution is 6.40. The van der Waals surface area contributed by atoms with Crippen molar-refractivity contribution in [3.8, 4) is 11.5 Å². The van der Waals surface area contributed by atoms with E-state index in [-0.39, 0.29) is 48.7 Å². The van der Waals surface area contributed by atoms with Crippen LogP contribution in [0, 0.1) is 10.1 Å². The Bertz CT molecular complexity index is 1250. The lowest BCUT2D eigenvalue weighted by molar-refractivity contribution is -0.384. The lowest BCUT2D eigenvalue weighted by Gasteiger charge is -2.11. The standard InChI is InChI=1S/C21H13Cl4N3O5/c1-32-20(19-13(22)3-2-4-14(19)23)27-21(29)26-11-5-8-18(16(25)9-11)33-12-6-7-17(28(30)31)15(24)10-12/h2-10H,1H3,(H,26,29)/b27-20-. The number of carbonyl (C=O) groups excluding carboxylic acids is 1. The van der Waals surface area contributed by atoms with Gasteiger partial charge in [0, 0.05) is 17.8 Å². The van der Waals surface area contributed by atoms with Crippen molar-refractivity contribution in [2.45, 2.75) is 0 Å². The van der Waals surface area contributed by atoms with Gasteiger partial charge in [0.25, 0.3) is 5.69 Å². The van der Waals surface area contributed by atoms with Crippen LogP contribution in [-0.2, 0) is 4.74 Å². The van der Waals surface area contributed by atoms with Crippen molar-refractivity contribution in [3.63, 3.8) is 0 Å². The second-order valence-corrected chi connectivity index (χ2v) is 7.89. The van der Waals surface area contributed by atoms with Gasteiger partial charge in [0.2, 0.25) is 5.90 Å². The molecule has 0 unspecified atom stereocenters. The predicted octanol–water partition coefficient (Wildman–Crippen LogP) is 7.63. The summed E-state index contributed by atoms with van der Waals surface area (Å²) in [6.07, 6.45) is 0. The number of anilines is 1. The zero-order valence-electron chi connectivity index (χ0n) is 16.6. The molecule has 0 atom stereocenters. The SMILES string of the molecule is CO/C(=N\C(=O)Nc1ccc(Oc2ccc([N+](=O)[O-])c(Cl)c2)c(Cl)c1)c1c(Cl)cccc1Cl. The topological polar surface area (TPSA) is 103 Å². The van der Waals surface area contributed by atoms with Crippen molar-refractivity contribution >= 4 is 69.7 Å². The first kappa shape index (κ1) is 24.6. The summed E-state index contributed by atoms with van der Waals surface area (Å²) >= 11 is 24.4. The Labute approximate surface area is 207 Å². The molecule has 0 spiro atoms. The van der Waals surface area contributed by atoms with Gasteiger partial charge in [0.1, 0.15) is 16.5 Å². The van der Waals surface area contributed by atoms with E-state index in [2.05, 4.69) is 10.3 Å². The summed E-state index contributed by atoms with van der Waals surface area (Å²) in [4.78, 5) is 26.5. The number of hydrogen-bond donors (Lipinski definition) is 1. The lowest BCUT2D eigenvalue weighted by Crippen LogP contribution is -2.13. The number of benzene rings is 3. The summed E-state index contributed by atoms with van der Waals surface area (Å²) in [6, 6.07) is 12.4. The molecular weight excluding hydrogens is 516 g/mol. The van der Waals surface area contributed by atoms with E-state index < -0.39 is 11.0 Å². The summed E-state index contributed by atoms with van der Waals surface area (Å²) in [5.74, 6) is 0.419. The van der Waals surface area contributed by atoms with Gasteiger partial charge in [-0.1, -0.05) is 52.5 Å². The lowest BCUT2D eigenvalue weighted by atomic mass is 10.2. The molecule has 3 aromatic carbocycles. The highest BCUT2D eigenvalue weighted by Gasteiger charge is 2.16. The maximum absolute atomic E-state index is 12.4. The smallest absolute Gasteiger partial charge is 0.348 e. The fraction of sp³-hybridized carbons (Fsp3) is 0.0476. The molecule has 0 heterocycles. The third-order valence-corrected chi connectivity index (χ3v) is 5.33. The van der Waals surface area contributed by atoms with Crippen LogP contribution in [0.3, 0.4) is 0 Å². The minimum atomic E-state index is -0.755. The van der Waals surface area contributed by atoms with Crippen molar-refractivity contribution in [2.24, 2.45) is 4.99 Å². The Morgan fingerprint density at radius 1 is 0.970 bits per heavy atom. The monoisotopic (exact) mass is 527 g/mol. The zero-order chi connectivity index (χ0) is 24.1. The first-order valence-corrected chi connectivity index (χ1v) is 10.5. The molecule has 33 heavy (non-hydrogen) atoms. The van der Waals surface area contributed by atoms with Crippen LogP contribution in [0.4, 0.5) is 16.2 Å². The van der Waals surface area contributed by atoms with E-state index in [1.807, 2.05) is 0 Å². The first-order chi connectivity index (χ1) is 15.7. The predicted molar refractivity (Wildman–Crippen MR) is 129 cm³/mol. The molecule has 8 nitrogen and oxygen atoms in total. The van der Waals surface area contributed by atoms with E-state index in [4.69, 9.17) is 55.9 Å². The number of methoxy groups -OCH3 is 1. The number of ether oxygens (including phenoxy) is 2. The van der Waals surface area contributed by atoms with Crippen LogP contribution in [0.5, 0.6) is 11.5 Å². The fourth-order valence-corrected chi connectivity index (χ4v) is 3.65. The number of amides is 2. The minimum absolute atomic E-state index is 0.0656. The number of urea groups is 1. The number of nitrogens with zero attached hydrogens (tertiary/aromatic N) is 2. The van der Waals surface area contributed by atoms with Crippen LogP contribution in [0.1, 0.15) is 5.56 Å². The molecule has 170 valence electrons. The van der Waals surface area contributed by atoms with E-state index in [1.165, 1.54) is 43.5 Å². The highest BCUT2D eigenvalue weighted by Crippen LogP contribution is 2.35. The Hall–Kier alpha value is -3.04. The molecule has 0 fully saturated rings. The summed E-state index contributed by atoms with van der Waals surface area (Å²) in [7, 11) is 1.33. The second-order valence-electron chi connectivity index (χ2n) is 6.27. The average molecular weight is 529 g/mol. The average Bonchev–Trinajstić information content (AvgIpc) is 2.74. The number of halogens is 4. The van der Waals surface area contributed by atoms with Crippen molar-refractivity contribution < 1.29 is 19.2 Å². The molecule has 0 aromatic heterocycles. The van der Waals surface area contributed by atoms with Crippen molar-refractivity contribution in [1.82, 2.24) is 0 Å². The van der Waals surface area contributed by atoms with E-state index >= 15 is 0 Å². The molecule has 12 heteroatoms. The van der Waals surface area contributed by atoms with Crippen LogP contribution in [-0.4, -0.2) is 24.0 Å². The van der Waals surface area contributed by atoms with E-state index in [0.29, 0.717) is 5.69 Å². The van der Waals surface area contributed by atoms with Gasteiger partial charge in [-0.15, -0.1) is 0 Å². The number of nitrogens with one attached hydrogen (secondary N) is 1. The number of hydrogen-bond acceptors (Lipinski definition) is 5. The normalized spacial score (nSPS) is 11.1. The Morgan fingerprint density at radius 3 is 2.24 bits per heavy atom. The van der Waals surface area contributed by atoms with Crippen LogP contribution in [0.15, 0.2) is 59.6 Å². The molecule has 0 aliphatic heterocycles. The molecule has 0 aliphatic rings. The van der Waals surface area contributed by atoms with Crippen molar-refractivity contribution in [3.05, 3.63) is 90.4 Å². The van der Waals surface area contributed by atoms with Gasteiger partial charge in [-0.05, 0) is 36.4 Å². The van der Waals surface area contributed by atoms with E-state index in [0.717, 1.165) is 0 Å². The molecule has 0 aliphatic carbocycles. The fourth-order valence-electron chi connectivity index (χ4n) is 2.64. The molecular formula is C21H13Cl4N3O5. The molecule has 3 rings (SSSR count). The Morgan fingerprint density at radius 2 is 1.67 bits per heavy atom. The summed E-state index contributed by atoms with van der Waals surface area (Å²) in [5, 5.41) is 14.0. The van der Waals surface area contributed by atoms with Gasteiger partial charge < -0.3 is 14.8 Å². The number of nitro benzene ring substituents is 1. The molecule has 3 aromatic rings. The number of rotatable bonds is 5. The quantitative estimate of drug-likeness (QED) is 0.159. The second kappa shape index (κ2) is 10.7. The zero-order valence-corrected chi connectivity index (χ0v) is 19.7. The van der Waals surface area contributed by atoms with E-state index in [9.17, 15) is 14.9 Å². The Balaban J connectivity index is 1.76. The van der Waals surface area contributed by atoms with Crippen molar-refractivity contribution in [2.75, 3.05) is 12.4 Å². The Kier molecular flexibility index (Phi) is 7.99. The van der Waals surface area contributed by atoms with Gasteiger partial charge >= 0.3 is 6.03 Å². The number of aliphatic imine (C=N–C) groups is 1. The van der Waals surface area contributed by atoms with Crippen molar-refractivity contribution in [1.29, 1.82) is 0 Å². The summed E-state index contributed by atoms with van der Waals surface area (Å²) in [6.45, 7) is 0. The molecule has 0 saturated carbocycles. The van der Waals surface area contributed by atoms with Gasteiger partial charge in [0.15, 0.2) is 0 Å². The first-order valence-electron chi connectivity index (χ1n) is 8.99. The van der Waals surface area contributed by atoms with Crippen LogP contribution in [0.25, 0.3) is 0 Å². The van der Waals surface area contributed by atoms with Crippen LogP contribution in [0.2, 0.25) is 20.1 Å². The minimum Gasteiger partial charge on any atom is -0.480 e. The third kappa shape index (κ3) is 6.06. The molecule has 0 radical (unpaired) electrons. The molecule has 0 saturated heterocycles. The number of nitro groups is 1.